The van der Waals surface area contributed by atoms with Crippen LogP contribution in [0.2, 0.25) is 0 Å². The first-order chi connectivity index (χ1) is 16.4. The maximum atomic E-state index is 14.5. The summed E-state index contributed by atoms with van der Waals surface area (Å²) in [5.74, 6) is 5.96. The van der Waals surface area contributed by atoms with Crippen molar-refractivity contribution in [2.45, 2.75) is 26.5 Å². The highest BCUT2D eigenvalue weighted by Gasteiger charge is 2.21. The minimum atomic E-state index is -0.684. The van der Waals surface area contributed by atoms with E-state index >= 15 is 0 Å². The van der Waals surface area contributed by atoms with Crippen molar-refractivity contribution in [3.63, 3.8) is 0 Å². The van der Waals surface area contributed by atoms with Gasteiger partial charge in [0.25, 0.3) is 0 Å². The number of aromatic nitrogens is 6. The number of hydrogen-bond acceptors (Lipinski definition) is 8. The van der Waals surface area contributed by atoms with Crippen molar-refractivity contribution in [1.29, 1.82) is 0 Å². The molecule has 0 spiro atoms. The number of nitrogens with two attached hydrogens (primary N) is 1. The molecule has 0 aliphatic carbocycles. The van der Waals surface area contributed by atoms with Crippen molar-refractivity contribution >= 4 is 28.3 Å². The highest BCUT2D eigenvalue weighted by molar-refractivity contribution is 5.89. The van der Waals surface area contributed by atoms with Gasteiger partial charge in [-0.2, -0.15) is 19.6 Å². The molecule has 4 aromatic rings. The van der Waals surface area contributed by atoms with Gasteiger partial charge in [0.15, 0.2) is 11.3 Å². The Morgan fingerprint density at radius 3 is 2.65 bits per heavy atom. The predicted octanol–water partition coefficient (Wildman–Crippen LogP) is 1.44. The third-order valence-electron chi connectivity index (χ3n) is 6.13. The summed E-state index contributed by atoms with van der Waals surface area (Å²) in [5.41, 5.74) is 8.51. The fourth-order valence-electron chi connectivity index (χ4n) is 4.27. The van der Waals surface area contributed by atoms with Gasteiger partial charge < -0.3 is 15.7 Å². The van der Waals surface area contributed by atoms with Gasteiger partial charge in [0.2, 0.25) is 11.8 Å². The number of benzene rings is 1. The maximum absolute atomic E-state index is 14.5. The fraction of sp³-hybridized carbons (Fsp3) is 0.391. The Labute approximate surface area is 195 Å². The molecule has 1 aromatic carbocycles. The van der Waals surface area contributed by atoms with E-state index in [1.54, 1.807) is 32.2 Å². The molecule has 11 heteroatoms. The zero-order chi connectivity index (χ0) is 23.8. The Morgan fingerprint density at radius 2 is 1.94 bits per heavy atom. The first-order valence-electron chi connectivity index (χ1n) is 11.2. The lowest BCUT2D eigenvalue weighted by Gasteiger charge is -2.36. The number of aliphatic hydroxyl groups excluding tert-OH is 1. The van der Waals surface area contributed by atoms with E-state index < -0.39 is 6.10 Å². The van der Waals surface area contributed by atoms with Crippen LogP contribution in [0.4, 0.5) is 16.0 Å². The van der Waals surface area contributed by atoms with Gasteiger partial charge in [-0.25, -0.2) is 9.07 Å². The molecule has 3 aromatic heterocycles. The number of hydrogen-bond donors (Lipinski definition) is 2. The lowest BCUT2D eigenvalue weighted by Crippen LogP contribution is -2.47. The minimum absolute atomic E-state index is 0.234. The molecule has 1 fully saturated rings. The van der Waals surface area contributed by atoms with Crippen molar-refractivity contribution < 1.29 is 9.50 Å². The van der Waals surface area contributed by atoms with Crippen LogP contribution in [0.15, 0.2) is 24.4 Å². The zero-order valence-electron chi connectivity index (χ0n) is 19.1. The Hall–Kier alpha value is -3.75. The van der Waals surface area contributed by atoms with Gasteiger partial charge in [-0.15, -0.1) is 5.10 Å². The molecular formula is C23H26FN9O. The number of piperazine rings is 1. The number of fused-ring (bicyclic) bond motifs is 3. The summed E-state index contributed by atoms with van der Waals surface area (Å²) in [7, 11) is 0. The van der Waals surface area contributed by atoms with E-state index in [4.69, 9.17) is 5.73 Å². The van der Waals surface area contributed by atoms with Crippen LogP contribution in [-0.4, -0.2) is 72.1 Å². The molecule has 34 heavy (non-hydrogen) atoms. The average molecular weight is 464 g/mol. The summed E-state index contributed by atoms with van der Waals surface area (Å²) in [6, 6.07) is 4.95. The van der Waals surface area contributed by atoms with Crippen molar-refractivity contribution in [2.75, 3.05) is 43.4 Å². The topological polar surface area (TPSA) is 114 Å². The van der Waals surface area contributed by atoms with Gasteiger partial charge in [0.1, 0.15) is 5.82 Å². The number of nitrogen functional groups attached to an aromatic ring is 1. The number of anilines is 2. The molecule has 176 valence electrons. The summed E-state index contributed by atoms with van der Waals surface area (Å²) in [5, 5.41) is 19.2. The smallest absolute Gasteiger partial charge is 0.226 e. The van der Waals surface area contributed by atoms with E-state index in [0.717, 1.165) is 38.1 Å². The largest absolute Gasteiger partial charge is 0.389 e. The lowest BCUT2D eigenvalue weighted by atomic mass is 10.1. The van der Waals surface area contributed by atoms with Gasteiger partial charge in [-0.1, -0.05) is 12.0 Å². The highest BCUT2D eigenvalue weighted by atomic mass is 19.1. The van der Waals surface area contributed by atoms with Crippen LogP contribution in [0.25, 0.3) is 16.7 Å². The molecule has 1 atom stereocenters. The molecule has 3 N–H and O–H groups in total. The molecule has 1 aliphatic heterocycles. The molecule has 0 amide bonds. The quantitative estimate of drug-likeness (QED) is 0.428. The van der Waals surface area contributed by atoms with Crippen LogP contribution >= 0.6 is 0 Å². The number of aliphatic hydroxyl groups is 1. The second-order valence-electron chi connectivity index (χ2n) is 8.34. The van der Waals surface area contributed by atoms with Crippen LogP contribution < -0.4 is 10.6 Å². The summed E-state index contributed by atoms with van der Waals surface area (Å²) >= 11 is 0. The molecular weight excluding hydrogens is 437 g/mol. The summed E-state index contributed by atoms with van der Waals surface area (Å²) in [6.45, 7) is 7.83. The van der Waals surface area contributed by atoms with Crippen molar-refractivity contribution in [3.8, 4) is 11.8 Å². The lowest BCUT2D eigenvalue weighted by molar-refractivity contribution is 0.199. The first kappa shape index (κ1) is 22.1. The molecule has 0 radical (unpaired) electrons. The van der Waals surface area contributed by atoms with Crippen molar-refractivity contribution in [3.05, 3.63) is 41.6 Å². The molecule has 5 rings (SSSR count). The predicted molar refractivity (Wildman–Crippen MR) is 127 cm³/mol. The van der Waals surface area contributed by atoms with E-state index in [1.807, 2.05) is 9.58 Å². The van der Waals surface area contributed by atoms with E-state index in [9.17, 15) is 9.50 Å². The standard InChI is InChI=1S/C23H26FN9O/c1-3-4-20-27-22-17-14-26-32(21(17)28-23(25)33(22)29-20)12-9-30-7-10-31(11-8-30)19-6-5-16(15(2)34)13-18(19)24/h5-6,13-15,34H,7-12H2,1-2H3,(H2,25,28). The van der Waals surface area contributed by atoms with Crippen molar-refractivity contribution in [1.82, 2.24) is 34.3 Å². The van der Waals surface area contributed by atoms with E-state index in [1.165, 1.54) is 10.6 Å². The van der Waals surface area contributed by atoms with E-state index in [-0.39, 0.29) is 11.8 Å². The zero-order valence-corrected chi connectivity index (χ0v) is 19.1. The second kappa shape index (κ2) is 8.89. The molecule has 0 saturated carbocycles. The monoisotopic (exact) mass is 463 g/mol. The highest BCUT2D eigenvalue weighted by Crippen LogP contribution is 2.25. The summed E-state index contributed by atoms with van der Waals surface area (Å²) in [6.07, 6.45) is 1.04. The summed E-state index contributed by atoms with van der Waals surface area (Å²) in [4.78, 5) is 13.3. The molecule has 10 nitrogen and oxygen atoms in total. The minimum Gasteiger partial charge on any atom is -0.389 e. The number of nitrogens with zero attached hydrogens (tertiary/aromatic N) is 8. The van der Waals surface area contributed by atoms with Crippen molar-refractivity contribution in [2.24, 2.45) is 0 Å². The van der Waals surface area contributed by atoms with Crippen LogP contribution in [-0.2, 0) is 6.54 Å². The van der Waals surface area contributed by atoms with Crippen LogP contribution in [0, 0.1) is 17.7 Å². The molecule has 1 unspecified atom stereocenters. The summed E-state index contributed by atoms with van der Waals surface area (Å²) < 4.78 is 17.9. The van der Waals surface area contributed by atoms with Crippen LogP contribution in [0.3, 0.4) is 0 Å². The number of halogens is 1. The van der Waals surface area contributed by atoms with Crippen LogP contribution in [0.5, 0.6) is 0 Å². The third kappa shape index (κ3) is 4.02. The van der Waals surface area contributed by atoms with E-state index in [0.29, 0.717) is 34.9 Å². The Bertz CT molecular complexity index is 1410. The maximum Gasteiger partial charge on any atom is 0.226 e. The van der Waals surface area contributed by atoms with Gasteiger partial charge >= 0.3 is 0 Å². The fourth-order valence-corrected chi connectivity index (χ4v) is 4.27. The Morgan fingerprint density at radius 1 is 1.15 bits per heavy atom. The Balaban J connectivity index is 1.26. The first-order valence-corrected chi connectivity index (χ1v) is 11.2. The molecule has 1 aliphatic rings. The second-order valence-corrected chi connectivity index (χ2v) is 8.34. The van der Waals surface area contributed by atoms with Crippen LogP contribution in [0.1, 0.15) is 31.3 Å². The number of rotatable bonds is 5. The SMILES string of the molecule is CC#Cc1nc2c3cnn(CCN4CCN(c5ccc(C(C)O)cc5F)CC4)c3nc(N)n2n1. The molecule has 4 heterocycles. The van der Waals surface area contributed by atoms with Gasteiger partial charge in [-0.05, 0) is 37.5 Å². The van der Waals surface area contributed by atoms with Gasteiger partial charge in [0.05, 0.1) is 29.9 Å². The van der Waals surface area contributed by atoms with E-state index in [2.05, 4.69) is 36.9 Å². The molecule has 0 bridgehead atoms. The molecule has 1 saturated heterocycles. The average Bonchev–Trinajstić information content (AvgIpc) is 3.43. The Kier molecular flexibility index (Phi) is 5.77. The van der Waals surface area contributed by atoms with Gasteiger partial charge in [-0.3, -0.25) is 4.90 Å². The normalized spacial score (nSPS) is 15.6. The van der Waals surface area contributed by atoms with Gasteiger partial charge in [0, 0.05) is 32.7 Å². The third-order valence-corrected chi connectivity index (χ3v) is 6.13.